The Morgan fingerprint density at radius 3 is 3.10 bits per heavy atom. The number of hydrogen-bond acceptors (Lipinski definition) is 4. The SMILES string of the molecule is CCNC(CCC1CCCO1)Cc1nc2ccccc2s1. The molecule has 0 amide bonds. The highest BCUT2D eigenvalue weighted by atomic mass is 32.1. The van der Waals surface area contributed by atoms with Crippen LogP contribution in [0.1, 0.15) is 37.6 Å². The topological polar surface area (TPSA) is 34.1 Å². The Balaban J connectivity index is 1.60. The van der Waals surface area contributed by atoms with E-state index in [9.17, 15) is 0 Å². The van der Waals surface area contributed by atoms with Crippen LogP contribution in [0.2, 0.25) is 0 Å². The zero-order valence-electron chi connectivity index (χ0n) is 12.7. The van der Waals surface area contributed by atoms with Gasteiger partial charge in [0.2, 0.25) is 0 Å². The molecular formula is C17H24N2OS. The summed E-state index contributed by atoms with van der Waals surface area (Å²) < 4.78 is 7.03. The number of rotatable bonds is 7. The third kappa shape index (κ3) is 4.02. The molecule has 0 bridgehead atoms. The van der Waals surface area contributed by atoms with E-state index in [4.69, 9.17) is 9.72 Å². The second-order valence-electron chi connectivity index (χ2n) is 5.75. The highest BCUT2D eigenvalue weighted by Gasteiger charge is 2.18. The Morgan fingerprint density at radius 2 is 2.33 bits per heavy atom. The van der Waals surface area contributed by atoms with Gasteiger partial charge in [-0.05, 0) is 44.4 Å². The van der Waals surface area contributed by atoms with Crippen molar-refractivity contribution in [2.75, 3.05) is 13.2 Å². The molecular weight excluding hydrogens is 280 g/mol. The van der Waals surface area contributed by atoms with Gasteiger partial charge < -0.3 is 10.1 Å². The van der Waals surface area contributed by atoms with Crippen LogP contribution in [0.5, 0.6) is 0 Å². The van der Waals surface area contributed by atoms with Crippen LogP contribution in [0.15, 0.2) is 24.3 Å². The molecule has 2 unspecified atom stereocenters. The second-order valence-corrected chi connectivity index (χ2v) is 6.86. The Labute approximate surface area is 130 Å². The Kier molecular flexibility index (Phi) is 5.22. The summed E-state index contributed by atoms with van der Waals surface area (Å²) in [6.07, 6.45) is 6.33. The quantitative estimate of drug-likeness (QED) is 0.845. The summed E-state index contributed by atoms with van der Waals surface area (Å²) in [7, 11) is 0. The van der Waals surface area contributed by atoms with E-state index >= 15 is 0 Å². The van der Waals surface area contributed by atoms with Crippen molar-refractivity contribution in [3.63, 3.8) is 0 Å². The average molecular weight is 304 g/mol. The number of aromatic nitrogens is 1. The zero-order chi connectivity index (χ0) is 14.5. The van der Waals surface area contributed by atoms with E-state index in [0.717, 1.165) is 25.1 Å². The fraction of sp³-hybridized carbons (Fsp3) is 0.588. The number of hydrogen-bond donors (Lipinski definition) is 1. The first kappa shape index (κ1) is 14.9. The summed E-state index contributed by atoms with van der Waals surface area (Å²) in [5.41, 5.74) is 1.13. The normalized spacial score (nSPS) is 20.1. The largest absolute Gasteiger partial charge is 0.378 e. The summed E-state index contributed by atoms with van der Waals surface area (Å²) in [5, 5.41) is 4.86. The first-order valence-electron chi connectivity index (χ1n) is 8.04. The van der Waals surface area contributed by atoms with Crippen molar-refractivity contribution < 1.29 is 4.74 Å². The predicted molar refractivity (Wildman–Crippen MR) is 89.0 cm³/mol. The predicted octanol–water partition coefficient (Wildman–Crippen LogP) is 3.78. The van der Waals surface area contributed by atoms with E-state index in [1.807, 2.05) is 11.3 Å². The van der Waals surface area contributed by atoms with Crippen LogP contribution in [0, 0.1) is 0 Å². The summed E-state index contributed by atoms with van der Waals surface area (Å²) in [6, 6.07) is 8.92. The van der Waals surface area contributed by atoms with Crippen molar-refractivity contribution in [1.29, 1.82) is 0 Å². The highest BCUT2D eigenvalue weighted by Crippen LogP contribution is 2.24. The van der Waals surface area contributed by atoms with Crippen molar-refractivity contribution in [3.8, 4) is 0 Å². The molecule has 1 aromatic heterocycles. The number of nitrogens with one attached hydrogen (secondary N) is 1. The molecule has 1 saturated heterocycles. The molecule has 2 atom stereocenters. The first-order valence-corrected chi connectivity index (χ1v) is 8.86. The van der Waals surface area contributed by atoms with E-state index < -0.39 is 0 Å². The van der Waals surface area contributed by atoms with Gasteiger partial charge in [-0.3, -0.25) is 0 Å². The van der Waals surface area contributed by atoms with Crippen molar-refractivity contribution in [1.82, 2.24) is 10.3 Å². The molecule has 1 fully saturated rings. The molecule has 0 spiro atoms. The van der Waals surface area contributed by atoms with Crippen LogP contribution in [-0.2, 0) is 11.2 Å². The fourth-order valence-corrected chi connectivity index (χ4v) is 4.09. The minimum Gasteiger partial charge on any atom is -0.378 e. The van der Waals surface area contributed by atoms with E-state index in [0.29, 0.717) is 12.1 Å². The maximum atomic E-state index is 5.74. The maximum absolute atomic E-state index is 5.74. The number of para-hydroxylation sites is 1. The number of benzene rings is 1. The molecule has 114 valence electrons. The summed E-state index contributed by atoms with van der Waals surface area (Å²) in [4.78, 5) is 4.76. The minimum absolute atomic E-state index is 0.488. The number of nitrogens with zero attached hydrogens (tertiary/aromatic N) is 1. The number of likely N-dealkylation sites (N-methyl/N-ethyl adjacent to an activating group) is 1. The van der Waals surface area contributed by atoms with Crippen molar-refractivity contribution in [3.05, 3.63) is 29.3 Å². The Hall–Kier alpha value is -0.970. The van der Waals surface area contributed by atoms with Gasteiger partial charge in [-0.2, -0.15) is 0 Å². The average Bonchev–Trinajstić information content (AvgIpc) is 3.13. The molecule has 0 aliphatic carbocycles. The molecule has 1 N–H and O–H groups in total. The molecule has 1 aliphatic rings. The van der Waals surface area contributed by atoms with E-state index in [1.165, 1.54) is 35.4 Å². The third-order valence-corrected chi connectivity index (χ3v) is 5.17. The lowest BCUT2D eigenvalue weighted by Gasteiger charge is -2.18. The molecule has 0 radical (unpaired) electrons. The van der Waals surface area contributed by atoms with Gasteiger partial charge in [0.15, 0.2) is 0 Å². The highest BCUT2D eigenvalue weighted by molar-refractivity contribution is 7.18. The second kappa shape index (κ2) is 7.34. The monoisotopic (exact) mass is 304 g/mol. The summed E-state index contributed by atoms with van der Waals surface area (Å²) in [5.74, 6) is 0. The molecule has 4 heteroatoms. The Morgan fingerprint density at radius 1 is 1.43 bits per heavy atom. The number of ether oxygens (including phenoxy) is 1. The van der Waals surface area contributed by atoms with Gasteiger partial charge in [0.1, 0.15) is 0 Å². The van der Waals surface area contributed by atoms with Crippen LogP contribution < -0.4 is 5.32 Å². The van der Waals surface area contributed by atoms with Gasteiger partial charge in [-0.15, -0.1) is 11.3 Å². The van der Waals surface area contributed by atoms with Gasteiger partial charge in [-0.25, -0.2) is 4.98 Å². The van der Waals surface area contributed by atoms with Crippen molar-refractivity contribution in [2.24, 2.45) is 0 Å². The van der Waals surface area contributed by atoms with Crippen LogP contribution in [0.25, 0.3) is 10.2 Å². The van der Waals surface area contributed by atoms with Gasteiger partial charge in [0.05, 0.1) is 21.3 Å². The molecule has 3 rings (SSSR count). The van der Waals surface area contributed by atoms with Crippen LogP contribution >= 0.6 is 11.3 Å². The van der Waals surface area contributed by atoms with E-state index in [1.54, 1.807) is 0 Å². The Bertz CT molecular complexity index is 530. The minimum atomic E-state index is 0.488. The van der Waals surface area contributed by atoms with E-state index in [-0.39, 0.29) is 0 Å². The van der Waals surface area contributed by atoms with Crippen LogP contribution in [-0.4, -0.2) is 30.3 Å². The molecule has 3 nitrogen and oxygen atoms in total. The smallest absolute Gasteiger partial charge is 0.0954 e. The summed E-state index contributed by atoms with van der Waals surface area (Å²) >= 11 is 1.83. The molecule has 2 heterocycles. The lowest BCUT2D eigenvalue weighted by molar-refractivity contribution is 0.0996. The van der Waals surface area contributed by atoms with Gasteiger partial charge in [0.25, 0.3) is 0 Å². The third-order valence-electron chi connectivity index (χ3n) is 4.11. The number of thiazole rings is 1. The van der Waals surface area contributed by atoms with Crippen molar-refractivity contribution >= 4 is 21.6 Å². The molecule has 1 aromatic carbocycles. The molecule has 2 aromatic rings. The van der Waals surface area contributed by atoms with Gasteiger partial charge in [-0.1, -0.05) is 19.1 Å². The summed E-state index contributed by atoms with van der Waals surface area (Å²) in [6.45, 7) is 4.15. The van der Waals surface area contributed by atoms with Gasteiger partial charge in [0, 0.05) is 19.1 Å². The van der Waals surface area contributed by atoms with Crippen LogP contribution in [0.4, 0.5) is 0 Å². The molecule has 1 aliphatic heterocycles. The molecule has 21 heavy (non-hydrogen) atoms. The van der Waals surface area contributed by atoms with Gasteiger partial charge >= 0.3 is 0 Å². The standard InChI is InChI=1S/C17H24N2OS/c1-2-18-13(9-10-14-6-5-11-20-14)12-17-19-15-7-3-4-8-16(15)21-17/h3-4,7-8,13-14,18H,2,5-6,9-12H2,1H3. The lowest BCUT2D eigenvalue weighted by atomic mass is 10.0. The first-order chi connectivity index (χ1) is 10.3. The number of fused-ring (bicyclic) bond motifs is 1. The lowest BCUT2D eigenvalue weighted by Crippen LogP contribution is -2.31. The van der Waals surface area contributed by atoms with E-state index in [2.05, 4.69) is 36.5 Å². The maximum Gasteiger partial charge on any atom is 0.0954 e. The van der Waals surface area contributed by atoms with Crippen LogP contribution in [0.3, 0.4) is 0 Å². The molecule has 0 saturated carbocycles. The zero-order valence-corrected chi connectivity index (χ0v) is 13.5. The fourth-order valence-electron chi connectivity index (χ4n) is 3.04. The van der Waals surface area contributed by atoms with Crippen molar-refractivity contribution in [2.45, 2.75) is 51.2 Å².